The molecule has 30 valence electrons. The van der Waals surface area contributed by atoms with Gasteiger partial charge in [0.2, 0.25) is 4.38 Å². The van der Waals surface area contributed by atoms with Crippen LogP contribution in [0.15, 0.2) is 0 Å². The lowest BCUT2D eigenvalue weighted by atomic mass is 11.7. The topological polar surface area (TPSA) is 9.23 Å². The highest BCUT2D eigenvalue weighted by molar-refractivity contribution is 14.1. The van der Waals surface area contributed by atoms with Crippen molar-refractivity contribution < 1.29 is 3.07 Å². The van der Waals surface area contributed by atoms with Gasteiger partial charge in [0.25, 0.3) is 0 Å². The maximum Gasteiger partial charge on any atom is 0.228 e. The molecule has 0 aliphatic heterocycles. The number of thiocarbonyl (C=S) groups is 1. The quantitative estimate of drug-likeness (QED) is 0.377. The van der Waals surface area contributed by atoms with E-state index in [0.717, 1.165) is 0 Å². The fraction of sp³-hybridized carbons (Fsp3) is 0. The molecule has 0 aromatic rings. The van der Waals surface area contributed by atoms with Crippen molar-refractivity contribution in [2.45, 2.75) is 0 Å². The van der Waals surface area contributed by atoms with E-state index >= 15 is 0 Å². The highest BCUT2D eigenvalue weighted by Crippen LogP contribution is 1.91. The molecule has 0 N–H and O–H groups in total. The zero-order valence-electron chi connectivity index (χ0n) is 2.14. The fourth-order valence-electron chi connectivity index (χ4n) is 0. The monoisotopic (exact) mass is 220 g/mol. The Kier molecular flexibility index (Phi) is 3.79. The zero-order chi connectivity index (χ0) is 4.28. The van der Waals surface area contributed by atoms with Gasteiger partial charge in [-0.05, 0) is 12.2 Å². The molecule has 5 heavy (non-hydrogen) atoms. The van der Waals surface area contributed by atoms with E-state index in [0.29, 0.717) is 0 Å². The Balaban J connectivity index is 2.85. The molecular formula is CHIOS2. The molecule has 0 bridgehead atoms. The van der Waals surface area contributed by atoms with Crippen LogP contribution in [0.25, 0.3) is 0 Å². The summed E-state index contributed by atoms with van der Waals surface area (Å²) in [4.78, 5) is 0. The Labute approximate surface area is 55.2 Å². The summed E-state index contributed by atoms with van der Waals surface area (Å²) in [5.41, 5.74) is 0. The summed E-state index contributed by atoms with van der Waals surface area (Å²) in [6.45, 7) is 0. The van der Waals surface area contributed by atoms with Crippen LogP contribution in [0.2, 0.25) is 0 Å². The third-order valence-corrected chi connectivity index (χ3v) is 1.33. The minimum atomic E-state index is 0.269. The van der Waals surface area contributed by atoms with Gasteiger partial charge in [-0.2, -0.15) is 0 Å². The molecule has 0 unspecified atom stereocenters. The highest BCUT2D eigenvalue weighted by Gasteiger charge is 1.73. The number of hydrogen-bond acceptors (Lipinski definition) is 2. The van der Waals surface area contributed by atoms with Crippen LogP contribution >= 0.6 is 47.9 Å². The summed E-state index contributed by atoms with van der Waals surface area (Å²) in [5, 5.41) is 0. The van der Waals surface area contributed by atoms with E-state index in [4.69, 9.17) is 0 Å². The average Bonchev–Trinajstić information content (AvgIpc) is 1.38. The molecule has 0 amide bonds. The van der Waals surface area contributed by atoms with E-state index in [2.05, 4.69) is 27.9 Å². The molecule has 0 rings (SSSR count). The van der Waals surface area contributed by atoms with Crippen molar-refractivity contribution in [2.24, 2.45) is 0 Å². The van der Waals surface area contributed by atoms with Gasteiger partial charge in [0.1, 0.15) is 0 Å². The zero-order valence-corrected chi connectivity index (χ0v) is 6.01. The summed E-state index contributed by atoms with van der Waals surface area (Å²) in [7, 11) is 0. The van der Waals surface area contributed by atoms with Gasteiger partial charge in [0, 0.05) is 0 Å². The first-order valence-corrected chi connectivity index (χ1v) is 2.52. The van der Waals surface area contributed by atoms with Gasteiger partial charge in [-0.25, -0.2) is 0 Å². The van der Waals surface area contributed by atoms with E-state index in [1.165, 1.54) is 0 Å². The molecule has 0 atom stereocenters. The van der Waals surface area contributed by atoms with Gasteiger partial charge in [-0.1, -0.05) is 12.6 Å². The fourth-order valence-corrected chi connectivity index (χ4v) is 0. The van der Waals surface area contributed by atoms with E-state index < -0.39 is 0 Å². The molecule has 0 aliphatic rings. The van der Waals surface area contributed by atoms with Crippen LogP contribution in [0.3, 0.4) is 0 Å². The molecule has 0 spiro atoms. The van der Waals surface area contributed by atoms with Crippen LogP contribution in [0.5, 0.6) is 0 Å². The van der Waals surface area contributed by atoms with Gasteiger partial charge in [0.15, 0.2) is 23.0 Å². The first kappa shape index (κ1) is 5.97. The minimum absolute atomic E-state index is 0.269. The molecule has 0 heterocycles. The second-order valence-corrected chi connectivity index (χ2v) is 1.86. The Bertz CT molecular complexity index is 44.9. The van der Waals surface area contributed by atoms with E-state index in [1.807, 2.05) is 0 Å². The first-order chi connectivity index (χ1) is 2.27. The van der Waals surface area contributed by atoms with Gasteiger partial charge in [-0.15, -0.1) is 0 Å². The number of halogens is 1. The summed E-state index contributed by atoms with van der Waals surface area (Å²) < 4.78 is 4.58. The maximum absolute atomic E-state index is 4.33. The van der Waals surface area contributed by atoms with Crippen LogP contribution < -0.4 is 0 Å². The second kappa shape index (κ2) is 3.17. The van der Waals surface area contributed by atoms with Gasteiger partial charge < -0.3 is 3.07 Å². The van der Waals surface area contributed by atoms with Gasteiger partial charge >= 0.3 is 0 Å². The van der Waals surface area contributed by atoms with Crippen molar-refractivity contribution in [1.82, 2.24) is 0 Å². The Morgan fingerprint density at radius 1 is 2.00 bits per heavy atom. The normalized spacial score (nSPS) is 6.80. The third kappa shape index (κ3) is 4.97. The van der Waals surface area contributed by atoms with E-state index in [1.54, 1.807) is 23.0 Å². The Hall–Kier alpha value is 0.970. The summed E-state index contributed by atoms with van der Waals surface area (Å²) in [5.74, 6) is 0. The van der Waals surface area contributed by atoms with Gasteiger partial charge in [-0.3, -0.25) is 0 Å². The largest absolute Gasteiger partial charge is 0.409 e. The molecule has 0 aromatic heterocycles. The molecule has 0 saturated heterocycles. The second-order valence-electron chi connectivity index (χ2n) is 0.343. The molecular weight excluding hydrogens is 219 g/mol. The van der Waals surface area contributed by atoms with Crippen LogP contribution in [0.1, 0.15) is 0 Å². The first-order valence-electron chi connectivity index (χ1n) is 0.786. The lowest BCUT2D eigenvalue weighted by Crippen LogP contribution is -1.71. The summed E-state index contributed by atoms with van der Waals surface area (Å²) >= 11 is 9.59. The predicted octanol–water partition coefficient (Wildman–Crippen LogP) is 1.57. The van der Waals surface area contributed by atoms with Crippen molar-refractivity contribution in [2.75, 3.05) is 0 Å². The number of rotatable bonds is 0. The smallest absolute Gasteiger partial charge is 0.228 e. The Morgan fingerprint density at radius 3 is 2.20 bits per heavy atom. The lowest BCUT2D eigenvalue weighted by Gasteiger charge is -1.79. The predicted molar refractivity (Wildman–Crippen MR) is 36.7 cm³/mol. The van der Waals surface area contributed by atoms with Crippen LogP contribution in [0, 0.1) is 0 Å². The molecule has 1 nitrogen and oxygen atoms in total. The van der Waals surface area contributed by atoms with E-state index in [9.17, 15) is 0 Å². The van der Waals surface area contributed by atoms with E-state index in [-0.39, 0.29) is 4.38 Å². The van der Waals surface area contributed by atoms with Crippen LogP contribution in [0.4, 0.5) is 0 Å². The highest BCUT2D eigenvalue weighted by atomic mass is 127. The summed E-state index contributed by atoms with van der Waals surface area (Å²) in [6, 6.07) is 0. The molecule has 0 aliphatic carbocycles. The summed E-state index contributed by atoms with van der Waals surface area (Å²) in [6.07, 6.45) is 0. The van der Waals surface area contributed by atoms with Crippen molar-refractivity contribution in [3.05, 3.63) is 0 Å². The molecule has 0 saturated carbocycles. The SMILES string of the molecule is S=C(S)OI. The molecule has 4 heteroatoms. The number of thiol groups is 1. The van der Waals surface area contributed by atoms with Crippen LogP contribution in [-0.2, 0) is 3.07 Å². The molecule has 0 fully saturated rings. The maximum atomic E-state index is 4.33. The standard InChI is InChI=1S/CHIOS2/c2-3-1(4)5/h(H,4,5). The van der Waals surface area contributed by atoms with Crippen molar-refractivity contribution >= 4 is 52.2 Å². The molecule has 0 radical (unpaired) electrons. The van der Waals surface area contributed by atoms with Crippen molar-refractivity contribution in [3.63, 3.8) is 0 Å². The Morgan fingerprint density at radius 2 is 2.20 bits per heavy atom. The average molecular weight is 220 g/mol. The molecule has 0 aromatic carbocycles. The van der Waals surface area contributed by atoms with Crippen molar-refractivity contribution in [1.29, 1.82) is 0 Å². The lowest BCUT2D eigenvalue weighted by molar-refractivity contribution is 0.761. The minimum Gasteiger partial charge on any atom is -0.409 e. The van der Waals surface area contributed by atoms with Crippen LogP contribution in [-0.4, -0.2) is 4.38 Å². The van der Waals surface area contributed by atoms with Gasteiger partial charge in [0.05, 0.1) is 0 Å². The third-order valence-electron chi connectivity index (χ3n) is 0.0660. The van der Waals surface area contributed by atoms with Crippen molar-refractivity contribution in [3.8, 4) is 0 Å². The number of hydrogen-bond donors (Lipinski definition) is 1.